The molecule has 2 N–H and O–H groups in total. The van der Waals surface area contributed by atoms with E-state index in [9.17, 15) is 0 Å². The molecule has 0 aliphatic rings. The number of hydrogen-bond acceptors (Lipinski definition) is 4. The molecule has 0 fully saturated rings. The summed E-state index contributed by atoms with van der Waals surface area (Å²) in [5.41, 5.74) is 2.21. The minimum Gasteiger partial charge on any atom is -0.370 e. The zero-order chi connectivity index (χ0) is 15.2. The van der Waals surface area contributed by atoms with Crippen LogP contribution in [0.2, 0.25) is 0 Å². The quantitative estimate of drug-likeness (QED) is 0.790. The maximum atomic E-state index is 4.26. The lowest BCUT2D eigenvalue weighted by molar-refractivity contribution is 0.606. The maximum absolute atomic E-state index is 4.26. The van der Waals surface area contributed by atoms with Crippen LogP contribution in [-0.4, -0.2) is 16.5 Å². The summed E-state index contributed by atoms with van der Waals surface area (Å²) in [5, 5.41) is 6.62. The number of nitrogens with zero attached hydrogens (tertiary/aromatic N) is 2. The first-order chi connectivity index (χ1) is 10.0. The molecule has 0 saturated carbocycles. The molecule has 1 heterocycles. The molecule has 0 amide bonds. The van der Waals surface area contributed by atoms with Gasteiger partial charge in [-0.05, 0) is 52.9 Å². The van der Waals surface area contributed by atoms with Gasteiger partial charge >= 0.3 is 0 Å². The predicted molar refractivity (Wildman–Crippen MR) is 92.1 cm³/mol. The summed E-state index contributed by atoms with van der Waals surface area (Å²) in [7, 11) is 0. The highest BCUT2D eigenvalue weighted by Gasteiger charge is 2.03. The molecule has 4 nitrogen and oxygen atoms in total. The van der Waals surface area contributed by atoms with Gasteiger partial charge in [0.05, 0.1) is 5.69 Å². The van der Waals surface area contributed by atoms with Gasteiger partial charge in [-0.3, -0.25) is 0 Å². The third kappa shape index (κ3) is 5.01. The molecule has 2 aromatic rings. The Morgan fingerprint density at radius 1 is 1.14 bits per heavy atom. The fourth-order valence-corrected chi connectivity index (χ4v) is 2.46. The lowest BCUT2D eigenvalue weighted by atomic mass is 10.1. The molecule has 0 bridgehead atoms. The molecular formula is C16H21BrN4. The summed E-state index contributed by atoms with van der Waals surface area (Å²) in [6.45, 7) is 7.41. The highest BCUT2D eigenvalue weighted by atomic mass is 79.9. The monoisotopic (exact) mass is 348 g/mol. The Balaban J connectivity index is 2.03. The zero-order valence-electron chi connectivity index (χ0n) is 12.7. The van der Waals surface area contributed by atoms with Gasteiger partial charge in [-0.15, -0.1) is 0 Å². The Kier molecular flexibility index (Phi) is 5.56. The molecule has 2 rings (SSSR count). The molecule has 1 aromatic heterocycles. The number of benzene rings is 1. The van der Waals surface area contributed by atoms with Gasteiger partial charge in [-0.1, -0.05) is 19.9 Å². The van der Waals surface area contributed by atoms with E-state index < -0.39 is 0 Å². The van der Waals surface area contributed by atoms with E-state index in [1.54, 1.807) is 6.33 Å². The third-order valence-corrected chi connectivity index (χ3v) is 3.74. The minimum absolute atomic E-state index is 0.681. The van der Waals surface area contributed by atoms with Crippen LogP contribution in [0.3, 0.4) is 0 Å². The number of rotatable bonds is 6. The fraction of sp³-hybridized carbons (Fsp3) is 0.375. The average molecular weight is 349 g/mol. The summed E-state index contributed by atoms with van der Waals surface area (Å²) in [4.78, 5) is 8.50. The van der Waals surface area contributed by atoms with Crippen LogP contribution >= 0.6 is 15.9 Å². The van der Waals surface area contributed by atoms with Crippen molar-refractivity contribution >= 4 is 33.3 Å². The molecule has 0 aliphatic heterocycles. The molecular weight excluding hydrogens is 328 g/mol. The van der Waals surface area contributed by atoms with E-state index in [0.717, 1.165) is 34.8 Å². The third-order valence-electron chi connectivity index (χ3n) is 3.08. The van der Waals surface area contributed by atoms with Crippen LogP contribution in [0.25, 0.3) is 0 Å². The van der Waals surface area contributed by atoms with Crippen molar-refractivity contribution in [1.29, 1.82) is 0 Å². The molecule has 0 atom stereocenters. The lowest BCUT2D eigenvalue weighted by Gasteiger charge is -2.11. The highest BCUT2D eigenvalue weighted by molar-refractivity contribution is 9.10. The normalized spacial score (nSPS) is 10.7. The molecule has 5 heteroatoms. The van der Waals surface area contributed by atoms with Crippen LogP contribution < -0.4 is 10.6 Å². The van der Waals surface area contributed by atoms with Crippen LogP contribution in [0.4, 0.5) is 17.3 Å². The van der Waals surface area contributed by atoms with Crippen molar-refractivity contribution in [3.05, 3.63) is 40.6 Å². The Morgan fingerprint density at radius 3 is 2.62 bits per heavy atom. The largest absolute Gasteiger partial charge is 0.370 e. The summed E-state index contributed by atoms with van der Waals surface area (Å²) in [5.74, 6) is 2.30. The van der Waals surface area contributed by atoms with Crippen molar-refractivity contribution in [3.63, 3.8) is 0 Å². The van der Waals surface area contributed by atoms with Crippen LogP contribution in [0, 0.1) is 12.8 Å². The van der Waals surface area contributed by atoms with Gasteiger partial charge in [0, 0.05) is 17.1 Å². The summed E-state index contributed by atoms with van der Waals surface area (Å²) < 4.78 is 1.02. The first-order valence-electron chi connectivity index (χ1n) is 7.13. The van der Waals surface area contributed by atoms with E-state index in [1.165, 1.54) is 5.56 Å². The van der Waals surface area contributed by atoms with E-state index in [4.69, 9.17) is 0 Å². The first kappa shape index (κ1) is 15.8. The number of halogens is 1. The predicted octanol–water partition coefficient (Wildman–Crippen LogP) is 4.75. The summed E-state index contributed by atoms with van der Waals surface area (Å²) in [6, 6.07) is 8.10. The second-order valence-corrected chi connectivity index (χ2v) is 6.36. The van der Waals surface area contributed by atoms with Gasteiger partial charge in [0.1, 0.15) is 18.0 Å². The van der Waals surface area contributed by atoms with E-state index in [1.807, 2.05) is 12.1 Å². The van der Waals surface area contributed by atoms with Crippen molar-refractivity contribution in [2.45, 2.75) is 27.2 Å². The molecule has 1 aromatic carbocycles. The topological polar surface area (TPSA) is 49.8 Å². The van der Waals surface area contributed by atoms with Crippen LogP contribution in [0.1, 0.15) is 25.8 Å². The lowest BCUT2D eigenvalue weighted by Crippen LogP contribution is -2.07. The molecule has 21 heavy (non-hydrogen) atoms. The molecule has 0 radical (unpaired) electrons. The number of aromatic nitrogens is 2. The number of hydrogen-bond donors (Lipinski definition) is 2. The summed E-state index contributed by atoms with van der Waals surface area (Å²) in [6.07, 6.45) is 2.69. The Hall–Kier alpha value is -1.62. The standard InChI is InChI=1S/C16H21BrN4/c1-11(2)6-7-18-15-9-16(20-10-19-15)21-14-5-4-12(3)8-13(14)17/h4-5,8-11H,6-7H2,1-3H3,(H2,18,19,20,21). The van der Waals surface area contributed by atoms with Gasteiger partial charge < -0.3 is 10.6 Å². The van der Waals surface area contributed by atoms with Crippen LogP contribution in [0.5, 0.6) is 0 Å². The van der Waals surface area contributed by atoms with Crippen molar-refractivity contribution < 1.29 is 0 Å². The minimum atomic E-state index is 0.681. The highest BCUT2D eigenvalue weighted by Crippen LogP contribution is 2.26. The fourth-order valence-electron chi connectivity index (χ4n) is 1.87. The molecule has 0 unspecified atom stereocenters. The van der Waals surface area contributed by atoms with Crippen molar-refractivity contribution in [2.24, 2.45) is 5.92 Å². The van der Waals surface area contributed by atoms with Gasteiger partial charge in [0.15, 0.2) is 0 Å². The van der Waals surface area contributed by atoms with Gasteiger partial charge in [-0.25, -0.2) is 9.97 Å². The van der Waals surface area contributed by atoms with Crippen LogP contribution in [0.15, 0.2) is 35.1 Å². The SMILES string of the molecule is Cc1ccc(Nc2cc(NCCC(C)C)ncn2)c(Br)c1. The second-order valence-electron chi connectivity index (χ2n) is 5.51. The Morgan fingerprint density at radius 2 is 1.90 bits per heavy atom. The summed E-state index contributed by atoms with van der Waals surface area (Å²) >= 11 is 3.56. The van der Waals surface area contributed by atoms with Gasteiger partial charge in [0.2, 0.25) is 0 Å². The Labute approximate surface area is 134 Å². The average Bonchev–Trinajstić information content (AvgIpc) is 2.42. The van der Waals surface area contributed by atoms with Crippen LogP contribution in [-0.2, 0) is 0 Å². The number of nitrogens with one attached hydrogen (secondary N) is 2. The number of anilines is 3. The van der Waals surface area contributed by atoms with Crippen molar-refractivity contribution in [2.75, 3.05) is 17.2 Å². The maximum Gasteiger partial charge on any atom is 0.135 e. The van der Waals surface area contributed by atoms with E-state index >= 15 is 0 Å². The zero-order valence-corrected chi connectivity index (χ0v) is 14.2. The van der Waals surface area contributed by atoms with Gasteiger partial charge in [0.25, 0.3) is 0 Å². The second kappa shape index (κ2) is 7.41. The molecule has 0 spiro atoms. The van der Waals surface area contributed by atoms with Crippen molar-refractivity contribution in [1.82, 2.24) is 9.97 Å². The van der Waals surface area contributed by atoms with E-state index in [-0.39, 0.29) is 0 Å². The Bertz CT molecular complexity index is 599. The number of aryl methyl sites for hydroxylation is 1. The first-order valence-corrected chi connectivity index (χ1v) is 7.93. The van der Waals surface area contributed by atoms with Crippen molar-refractivity contribution in [3.8, 4) is 0 Å². The van der Waals surface area contributed by atoms with E-state index in [2.05, 4.69) is 69.4 Å². The molecule has 0 saturated heterocycles. The van der Waals surface area contributed by atoms with Gasteiger partial charge in [-0.2, -0.15) is 0 Å². The smallest absolute Gasteiger partial charge is 0.135 e. The molecule has 112 valence electrons. The molecule has 0 aliphatic carbocycles. The van der Waals surface area contributed by atoms with E-state index in [0.29, 0.717) is 5.92 Å².